The van der Waals surface area contributed by atoms with Gasteiger partial charge in [0.05, 0.1) is 6.10 Å². The smallest absolute Gasteiger partial charge is 0.0540 e. The molecule has 0 heterocycles. The lowest BCUT2D eigenvalue weighted by Crippen LogP contribution is -2.15. The molecule has 0 atom stereocenters. The summed E-state index contributed by atoms with van der Waals surface area (Å²) in [6.07, 6.45) is 3.39. The summed E-state index contributed by atoms with van der Waals surface area (Å²) in [5, 5.41) is 11.2. The highest BCUT2D eigenvalue weighted by atomic mass is 16.3. The van der Waals surface area contributed by atoms with Gasteiger partial charge >= 0.3 is 0 Å². The summed E-state index contributed by atoms with van der Waals surface area (Å²) in [5.41, 5.74) is 1.65. The molecule has 1 saturated carbocycles. The lowest BCUT2D eigenvalue weighted by molar-refractivity contribution is 0.0950. The first kappa shape index (κ1) is 14.1. The van der Waals surface area contributed by atoms with Crippen molar-refractivity contribution in [3.05, 3.63) is 48.0 Å². The molecular formula is C18H24O. The molecule has 1 aliphatic carbocycles. The Hall–Kier alpha value is -1.34. The Labute approximate surface area is 116 Å². The van der Waals surface area contributed by atoms with E-state index in [4.69, 9.17) is 5.11 Å². The minimum absolute atomic E-state index is 0.0648. The van der Waals surface area contributed by atoms with Crippen LogP contribution in [0.15, 0.2) is 42.5 Å². The maximum Gasteiger partial charge on any atom is 0.0540 e. The fourth-order valence-electron chi connectivity index (χ4n) is 2.27. The minimum atomic E-state index is 0.0648. The maximum atomic E-state index is 8.45. The molecule has 2 aromatic carbocycles. The van der Waals surface area contributed by atoms with Crippen LogP contribution in [0, 0.1) is 0 Å². The van der Waals surface area contributed by atoms with E-state index in [0.717, 1.165) is 12.8 Å². The van der Waals surface area contributed by atoms with Crippen LogP contribution in [-0.4, -0.2) is 11.2 Å². The molecule has 1 nitrogen and oxygen atoms in total. The van der Waals surface area contributed by atoms with Gasteiger partial charge in [0.1, 0.15) is 0 Å². The van der Waals surface area contributed by atoms with E-state index in [9.17, 15) is 0 Å². The second-order valence-electron chi connectivity index (χ2n) is 6.36. The quantitative estimate of drug-likeness (QED) is 0.726. The highest BCUT2D eigenvalue weighted by molar-refractivity contribution is 5.86. The molecule has 1 N–H and O–H groups in total. The second-order valence-corrected chi connectivity index (χ2v) is 6.36. The van der Waals surface area contributed by atoms with Crippen molar-refractivity contribution in [2.24, 2.45) is 0 Å². The first-order valence-electron chi connectivity index (χ1n) is 7.15. The van der Waals surface area contributed by atoms with Gasteiger partial charge in [-0.05, 0) is 41.0 Å². The van der Waals surface area contributed by atoms with E-state index in [1.54, 1.807) is 0 Å². The van der Waals surface area contributed by atoms with Gasteiger partial charge in [0, 0.05) is 0 Å². The van der Waals surface area contributed by atoms with E-state index in [1.807, 2.05) is 0 Å². The molecule has 3 rings (SSSR count). The molecule has 1 fully saturated rings. The zero-order valence-electron chi connectivity index (χ0n) is 12.2. The predicted molar refractivity (Wildman–Crippen MR) is 82.5 cm³/mol. The van der Waals surface area contributed by atoms with E-state index in [-0.39, 0.29) is 11.5 Å². The summed E-state index contributed by atoms with van der Waals surface area (Å²) in [4.78, 5) is 0. The molecular weight excluding hydrogens is 232 g/mol. The van der Waals surface area contributed by atoms with Gasteiger partial charge in [0.2, 0.25) is 0 Å². The van der Waals surface area contributed by atoms with Crippen molar-refractivity contribution in [1.82, 2.24) is 0 Å². The molecule has 0 radical (unpaired) electrons. The molecule has 0 spiro atoms. The molecule has 1 heteroatoms. The van der Waals surface area contributed by atoms with Gasteiger partial charge in [0.15, 0.2) is 0 Å². The fraction of sp³-hybridized carbons (Fsp3) is 0.444. The van der Waals surface area contributed by atoms with Crippen molar-refractivity contribution in [2.75, 3.05) is 0 Å². The average Bonchev–Trinajstić information content (AvgIpc) is 2.35. The van der Waals surface area contributed by atoms with Crippen molar-refractivity contribution < 1.29 is 5.11 Å². The molecule has 0 saturated heterocycles. The molecule has 0 aromatic heterocycles. The van der Waals surface area contributed by atoms with E-state index in [2.05, 4.69) is 63.2 Å². The summed E-state index contributed by atoms with van der Waals surface area (Å²) in [6, 6.07) is 15.1. The van der Waals surface area contributed by atoms with E-state index in [0.29, 0.717) is 0 Å². The number of aliphatic hydroxyl groups excluding tert-OH is 1. The van der Waals surface area contributed by atoms with E-state index >= 15 is 0 Å². The van der Waals surface area contributed by atoms with Gasteiger partial charge in [-0.3, -0.25) is 0 Å². The van der Waals surface area contributed by atoms with Crippen LogP contribution in [0.2, 0.25) is 0 Å². The SMILES string of the molecule is CC(C)(C)c1cccc2ccccc12.OC1CCC1. The lowest BCUT2D eigenvalue weighted by Gasteiger charge is -2.21. The van der Waals surface area contributed by atoms with Crippen LogP contribution in [0.5, 0.6) is 0 Å². The summed E-state index contributed by atoms with van der Waals surface area (Å²) in [7, 11) is 0. The number of rotatable bonds is 0. The van der Waals surface area contributed by atoms with Gasteiger partial charge in [0.25, 0.3) is 0 Å². The third kappa shape index (κ3) is 3.57. The highest BCUT2D eigenvalue weighted by Gasteiger charge is 2.15. The van der Waals surface area contributed by atoms with Crippen LogP contribution >= 0.6 is 0 Å². The molecule has 0 bridgehead atoms. The maximum absolute atomic E-state index is 8.45. The first-order valence-corrected chi connectivity index (χ1v) is 7.15. The second kappa shape index (κ2) is 5.75. The standard InChI is InChI=1S/C14H16.C4H8O/c1-14(2,3)13-10-6-8-11-7-4-5-9-12(11)13;5-4-2-1-3-4/h4-10H,1-3H3;4-5H,1-3H2. The Morgan fingerprint density at radius 2 is 1.53 bits per heavy atom. The molecule has 0 unspecified atom stereocenters. The van der Waals surface area contributed by atoms with E-state index < -0.39 is 0 Å². The van der Waals surface area contributed by atoms with Gasteiger partial charge in [-0.25, -0.2) is 0 Å². The zero-order chi connectivity index (χ0) is 13.9. The Morgan fingerprint density at radius 3 is 2.05 bits per heavy atom. The van der Waals surface area contributed by atoms with Crippen molar-refractivity contribution in [1.29, 1.82) is 0 Å². The lowest BCUT2D eigenvalue weighted by atomic mass is 9.84. The zero-order valence-corrected chi connectivity index (χ0v) is 12.2. The predicted octanol–water partition coefficient (Wildman–Crippen LogP) is 4.67. The van der Waals surface area contributed by atoms with Crippen molar-refractivity contribution in [3.63, 3.8) is 0 Å². The Bertz CT molecular complexity index is 527. The molecule has 19 heavy (non-hydrogen) atoms. The van der Waals surface area contributed by atoms with Crippen LogP contribution in [0.3, 0.4) is 0 Å². The van der Waals surface area contributed by atoms with Crippen molar-refractivity contribution in [2.45, 2.75) is 51.6 Å². The molecule has 0 amide bonds. The summed E-state index contributed by atoms with van der Waals surface area (Å²) < 4.78 is 0. The third-order valence-electron chi connectivity index (χ3n) is 3.67. The number of aliphatic hydroxyl groups is 1. The molecule has 102 valence electrons. The van der Waals surface area contributed by atoms with Crippen molar-refractivity contribution >= 4 is 10.8 Å². The Morgan fingerprint density at radius 1 is 0.947 bits per heavy atom. The average molecular weight is 256 g/mol. The number of hydrogen-bond acceptors (Lipinski definition) is 1. The fourth-order valence-corrected chi connectivity index (χ4v) is 2.27. The normalized spacial score (nSPS) is 15.6. The van der Waals surface area contributed by atoms with Gasteiger partial charge in [-0.2, -0.15) is 0 Å². The topological polar surface area (TPSA) is 20.2 Å². The van der Waals surface area contributed by atoms with Crippen LogP contribution in [0.4, 0.5) is 0 Å². The summed E-state index contributed by atoms with van der Waals surface area (Å²) >= 11 is 0. The van der Waals surface area contributed by atoms with Crippen LogP contribution < -0.4 is 0 Å². The molecule has 0 aliphatic heterocycles. The number of fused-ring (bicyclic) bond motifs is 1. The van der Waals surface area contributed by atoms with Gasteiger partial charge in [-0.15, -0.1) is 0 Å². The van der Waals surface area contributed by atoms with Gasteiger partial charge < -0.3 is 5.11 Å². The minimum Gasteiger partial charge on any atom is -0.393 e. The summed E-state index contributed by atoms with van der Waals surface area (Å²) in [5.74, 6) is 0. The largest absolute Gasteiger partial charge is 0.393 e. The molecule has 1 aliphatic rings. The number of benzene rings is 2. The molecule has 2 aromatic rings. The monoisotopic (exact) mass is 256 g/mol. The van der Waals surface area contributed by atoms with Gasteiger partial charge in [-0.1, -0.05) is 63.2 Å². The highest BCUT2D eigenvalue weighted by Crippen LogP contribution is 2.29. The van der Waals surface area contributed by atoms with E-state index in [1.165, 1.54) is 22.8 Å². The van der Waals surface area contributed by atoms with Crippen LogP contribution in [0.25, 0.3) is 10.8 Å². The summed E-state index contributed by atoms with van der Waals surface area (Å²) in [6.45, 7) is 6.78. The first-order chi connectivity index (χ1) is 8.98. The Balaban J connectivity index is 0.000000224. The third-order valence-corrected chi connectivity index (χ3v) is 3.67. The Kier molecular flexibility index (Phi) is 4.26. The van der Waals surface area contributed by atoms with Crippen LogP contribution in [0.1, 0.15) is 45.6 Å². The van der Waals surface area contributed by atoms with Crippen LogP contribution in [-0.2, 0) is 5.41 Å². The number of hydrogen-bond donors (Lipinski definition) is 1. The van der Waals surface area contributed by atoms with Crippen molar-refractivity contribution in [3.8, 4) is 0 Å².